The molecule has 11 heteroatoms. The quantitative estimate of drug-likeness (QED) is 0.289. The third-order valence-electron chi connectivity index (χ3n) is 1.09. The van der Waals surface area contributed by atoms with Gasteiger partial charge in [-0.2, -0.15) is 0 Å². The molecule has 0 saturated heterocycles. The van der Waals surface area contributed by atoms with E-state index in [9.17, 15) is 24.0 Å². The second kappa shape index (κ2) is 13.5. The third-order valence-corrected chi connectivity index (χ3v) is 1.09. The van der Waals surface area contributed by atoms with Crippen molar-refractivity contribution in [2.24, 2.45) is 0 Å². The summed E-state index contributed by atoms with van der Waals surface area (Å²) in [7, 11) is 0. The van der Waals surface area contributed by atoms with Crippen molar-refractivity contribution in [2.75, 3.05) is 0 Å². The Morgan fingerprint density at radius 3 is 1.25 bits per heavy atom. The molecule has 9 nitrogen and oxygen atoms in total. The van der Waals surface area contributed by atoms with Crippen LogP contribution in [0.25, 0.3) is 0 Å². The molecule has 0 rings (SSSR count). The van der Waals surface area contributed by atoms with Crippen LogP contribution in [0.4, 0.5) is 4.79 Å². The number of aliphatic carboxylic acids is 2. The first-order valence-corrected chi connectivity index (χ1v) is 4.11. The molecule has 0 spiro atoms. The van der Waals surface area contributed by atoms with Crippen LogP contribution in [0.5, 0.6) is 0 Å². The van der Waals surface area contributed by atoms with Gasteiger partial charge in [0.1, 0.15) is 0 Å². The van der Waals surface area contributed by atoms with Crippen molar-refractivity contribution in [3.8, 4) is 0 Å². The standard InChI is InChI=1S/C9H6O9.2Ca.4H/c10-5(11)1-3-7(14)17-9(16)18-8(15)4-2-6(12)13;;;;;;/h1-4H,(H,10,11)(H,12,13);;;;;;/q;2*+2;4*-1/b3-1-,4-2-;;;;;;. The Morgan fingerprint density at radius 1 is 0.700 bits per heavy atom. The number of carbonyl (C=O) groups is 5. The molecule has 0 aromatic heterocycles. The number of carboxylic acid groups (broad SMARTS) is 2. The van der Waals surface area contributed by atoms with Gasteiger partial charge < -0.3 is 25.4 Å². The fourth-order valence-corrected chi connectivity index (χ4v) is 0.532. The molecule has 0 bridgehead atoms. The summed E-state index contributed by atoms with van der Waals surface area (Å²) < 4.78 is 7.65. The minimum Gasteiger partial charge on any atom is -1.00 e. The second-order valence-corrected chi connectivity index (χ2v) is 2.44. The molecule has 0 aliphatic heterocycles. The Hall–Kier alpha value is -0.451. The monoisotopic (exact) mass is 342 g/mol. The van der Waals surface area contributed by atoms with E-state index in [2.05, 4.69) is 9.47 Å². The molecule has 0 fully saturated rings. The average molecular weight is 342 g/mol. The zero-order valence-electron chi connectivity index (χ0n) is 14.0. The Labute approximate surface area is 177 Å². The van der Waals surface area contributed by atoms with Crippen molar-refractivity contribution in [2.45, 2.75) is 0 Å². The molecule has 0 amide bonds. The third kappa shape index (κ3) is 15.6. The van der Waals surface area contributed by atoms with E-state index < -0.39 is 30.0 Å². The summed E-state index contributed by atoms with van der Waals surface area (Å²) in [5, 5.41) is 16.3. The van der Waals surface area contributed by atoms with Crippen LogP contribution in [0.1, 0.15) is 5.71 Å². The van der Waals surface area contributed by atoms with Crippen LogP contribution >= 0.6 is 0 Å². The van der Waals surface area contributed by atoms with E-state index in [0.717, 1.165) is 0 Å². The van der Waals surface area contributed by atoms with Crippen molar-refractivity contribution in [1.29, 1.82) is 0 Å². The summed E-state index contributed by atoms with van der Waals surface area (Å²) in [6, 6.07) is 0. The van der Waals surface area contributed by atoms with Crippen molar-refractivity contribution >= 4 is 106 Å². The van der Waals surface area contributed by atoms with Crippen LogP contribution in [0, 0.1) is 0 Å². The van der Waals surface area contributed by atoms with E-state index in [4.69, 9.17) is 10.2 Å². The van der Waals surface area contributed by atoms with Gasteiger partial charge in [-0.1, -0.05) is 0 Å². The number of esters is 2. The number of carboxylic acids is 2. The molecule has 0 aromatic carbocycles. The maximum Gasteiger partial charge on any atom is 2.00 e. The molecule has 0 aromatic rings. The number of ether oxygens (including phenoxy) is 2. The largest absolute Gasteiger partial charge is 2.00 e. The molecule has 0 aliphatic carbocycles. The van der Waals surface area contributed by atoms with Gasteiger partial charge in [0.25, 0.3) is 0 Å². The zero-order valence-corrected chi connectivity index (χ0v) is 14.4. The van der Waals surface area contributed by atoms with E-state index in [1.54, 1.807) is 0 Å². The van der Waals surface area contributed by atoms with Crippen LogP contribution < -0.4 is 0 Å². The molecule has 2 N–H and O–H groups in total. The molecule has 0 heterocycles. The molecule has 0 saturated carbocycles. The minimum atomic E-state index is -1.71. The maximum atomic E-state index is 10.7. The second-order valence-electron chi connectivity index (χ2n) is 2.44. The molecule has 0 aliphatic rings. The van der Waals surface area contributed by atoms with Crippen LogP contribution in [0.15, 0.2) is 24.3 Å². The van der Waals surface area contributed by atoms with Gasteiger partial charge in [-0.3, -0.25) is 0 Å². The SMILES string of the molecule is O=C(O)/C=C\C(=O)OC(=O)OC(=O)/C=C\C(=O)O.[Ca+2].[Ca+2].[H-].[H-].[H-].[H-]. The van der Waals surface area contributed by atoms with Crippen LogP contribution in [-0.4, -0.2) is 116 Å². The zero-order chi connectivity index (χ0) is 14.1. The van der Waals surface area contributed by atoms with Gasteiger partial charge in [0.15, 0.2) is 0 Å². The van der Waals surface area contributed by atoms with Gasteiger partial charge in [0.2, 0.25) is 0 Å². The Bertz CT molecular complexity index is 428. The van der Waals surface area contributed by atoms with Crippen LogP contribution in [0.3, 0.4) is 0 Å². The van der Waals surface area contributed by atoms with Crippen molar-refractivity contribution in [3.05, 3.63) is 24.3 Å². The molecular formula is C9H10Ca2O9. The smallest absolute Gasteiger partial charge is 1.00 e. The molecule has 0 radical (unpaired) electrons. The van der Waals surface area contributed by atoms with Crippen molar-refractivity contribution in [1.82, 2.24) is 0 Å². The fraction of sp³-hybridized carbons (Fsp3) is 0. The topological polar surface area (TPSA) is 144 Å². The van der Waals surface area contributed by atoms with Gasteiger partial charge >= 0.3 is 106 Å². The molecular weight excluding hydrogens is 332 g/mol. The Balaban J connectivity index is -0.0000000963. The fourth-order valence-electron chi connectivity index (χ4n) is 0.532. The summed E-state index contributed by atoms with van der Waals surface area (Å²) in [6.07, 6.45) is -0.0682. The van der Waals surface area contributed by atoms with Gasteiger partial charge in [0, 0.05) is 24.3 Å². The number of rotatable bonds is 4. The number of hydrogen-bond donors (Lipinski definition) is 2. The average Bonchev–Trinajstić information content (AvgIpc) is 2.23. The summed E-state index contributed by atoms with van der Waals surface area (Å²) in [5.74, 6) is -5.61. The molecule has 0 atom stereocenters. The number of hydrogen-bond acceptors (Lipinski definition) is 7. The van der Waals surface area contributed by atoms with Gasteiger partial charge in [-0.05, 0) is 0 Å². The predicted molar refractivity (Wildman–Crippen MR) is 67.1 cm³/mol. The van der Waals surface area contributed by atoms with Crippen LogP contribution in [0.2, 0.25) is 0 Å². The summed E-state index contributed by atoms with van der Waals surface area (Å²) >= 11 is 0. The van der Waals surface area contributed by atoms with Crippen molar-refractivity contribution < 1.29 is 49.4 Å². The molecule has 20 heavy (non-hydrogen) atoms. The van der Waals surface area contributed by atoms with E-state index in [1.165, 1.54) is 0 Å². The normalized spacial score (nSPS) is 9.20. The maximum absolute atomic E-state index is 10.7. The summed E-state index contributed by atoms with van der Waals surface area (Å²) in [6.45, 7) is 0. The van der Waals surface area contributed by atoms with E-state index >= 15 is 0 Å². The Morgan fingerprint density at radius 2 is 1.00 bits per heavy atom. The summed E-state index contributed by atoms with van der Waals surface area (Å²) in [5.41, 5.74) is 0. The number of carbonyl (C=O) groups excluding carboxylic acids is 3. The van der Waals surface area contributed by atoms with Gasteiger partial charge in [0.05, 0.1) is 0 Å². The van der Waals surface area contributed by atoms with E-state index in [-0.39, 0.29) is 81.2 Å². The van der Waals surface area contributed by atoms with Crippen LogP contribution in [-0.2, 0) is 28.7 Å². The van der Waals surface area contributed by atoms with Crippen molar-refractivity contribution in [3.63, 3.8) is 0 Å². The minimum absolute atomic E-state index is 0. The van der Waals surface area contributed by atoms with E-state index in [1.807, 2.05) is 0 Å². The molecule has 0 unspecified atom stereocenters. The molecule has 104 valence electrons. The first-order valence-electron chi connectivity index (χ1n) is 4.11. The van der Waals surface area contributed by atoms with Gasteiger partial charge in [-0.25, -0.2) is 24.0 Å². The van der Waals surface area contributed by atoms with E-state index in [0.29, 0.717) is 24.3 Å². The predicted octanol–water partition coefficient (Wildman–Crippen LogP) is -0.837. The summed E-state index contributed by atoms with van der Waals surface area (Å²) in [4.78, 5) is 52.1. The first kappa shape index (κ1) is 24.6. The Kier molecular flexibility index (Phi) is 16.6. The van der Waals surface area contributed by atoms with Gasteiger partial charge in [-0.15, -0.1) is 0 Å². The first-order chi connectivity index (χ1) is 8.31.